The summed E-state index contributed by atoms with van der Waals surface area (Å²) in [7, 11) is 1.72. The molecule has 1 aliphatic heterocycles. The van der Waals surface area contributed by atoms with E-state index < -0.39 is 0 Å². The summed E-state index contributed by atoms with van der Waals surface area (Å²) in [5, 5.41) is 0. The highest BCUT2D eigenvalue weighted by Gasteiger charge is 2.33. The van der Waals surface area contributed by atoms with Crippen LogP contribution >= 0.6 is 0 Å². The molecular formula is C18H18N4O3. The molecule has 1 fully saturated rings. The Kier molecular flexibility index (Phi) is 3.56. The maximum atomic E-state index is 12.5. The maximum absolute atomic E-state index is 12.5. The van der Waals surface area contributed by atoms with Crippen molar-refractivity contribution in [1.82, 2.24) is 19.4 Å². The molecule has 0 bridgehead atoms. The van der Waals surface area contributed by atoms with Crippen molar-refractivity contribution in [2.24, 2.45) is 7.05 Å². The van der Waals surface area contributed by atoms with Crippen molar-refractivity contribution in [1.29, 1.82) is 0 Å². The minimum absolute atomic E-state index is 0.0310. The summed E-state index contributed by atoms with van der Waals surface area (Å²) < 4.78 is 7.38. The normalized spacial score (nSPS) is 14.6. The molecule has 1 saturated heterocycles. The van der Waals surface area contributed by atoms with E-state index >= 15 is 0 Å². The number of hydrogen-bond acceptors (Lipinski definition) is 4. The zero-order chi connectivity index (χ0) is 17.6. The fraction of sp³-hybridized carbons (Fsp3) is 0.278. The largest absolute Gasteiger partial charge is 0.486 e. The number of aromatic amines is 1. The van der Waals surface area contributed by atoms with E-state index in [1.165, 1.54) is 6.07 Å². The first-order valence-corrected chi connectivity index (χ1v) is 8.08. The minimum Gasteiger partial charge on any atom is -0.486 e. The molecule has 0 atom stereocenters. The summed E-state index contributed by atoms with van der Waals surface area (Å²) in [6.45, 7) is 2.87. The monoisotopic (exact) mass is 338 g/mol. The third-order valence-electron chi connectivity index (χ3n) is 4.58. The van der Waals surface area contributed by atoms with Crippen molar-refractivity contribution in [3.63, 3.8) is 0 Å². The number of benzene rings is 1. The van der Waals surface area contributed by atoms with Gasteiger partial charge in [-0.2, -0.15) is 0 Å². The van der Waals surface area contributed by atoms with Crippen molar-refractivity contribution in [3.8, 4) is 5.75 Å². The van der Waals surface area contributed by atoms with Gasteiger partial charge in [-0.3, -0.25) is 9.59 Å². The maximum Gasteiger partial charge on any atom is 0.254 e. The van der Waals surface area contributed by atoms with E-state index in [2.05, 4.69) is 9.97 Å². The smallest absolute Gasteiger partial charge is 0.254 e. The molecule has 0 saturated carbocycles. The third kappa shape index (κ3) is 2.77. The van der Waals surface area contributed by atoms with Gasteiger partial charge in [-0.25, -0.2) is 4.98 Å². The fourth-order valence-electron chi connectivity index (χ4n) is 2.93. The van der Waals surface area contributed by atoms with Gasteiger partial charge in [-0.05, 0) is 31.2 Å². The van der Waals surface area contributed by atoms with Crippen molar-refractivity contribution in [2.75, 3.05) is 13.1 Å². The van der Waals surface area contributed by atoms with Crippen LogP contribution in [0, 0.1) is 6.92 Å². The Morgan fingerprint density at radius 2 is 2.08 bits per heavy atom. The molecule has 7 heteroatoms. The molecule has 0 spiro atoms. The number of nitrogens with zero attached hydrogens (tertiary/aromatic N) is 3. The third-order valence-corrected chi connectivity index (χ3v) is 4.58. The average Bonchev–Trinajstić information content (AvgIpc) is 3.02. The molecule has 128 valence electrons. The fourth-order valence-corrected chi connectivity index (χ4v) is 2.93. The van der Waals surface area contributed by atoms with Gasteiger partial charge in [0.05, 0.1) is 30.5 Å². The number of carbonyl (C=O) groups is 1. The van der Waals surface area contributed by atoms with Gasteiger partial charge in [0.25, 0.3) is 11.5 Å². The summed E-state index contributed by atoms with van der Waals surface area (Å²) in [6.07, 6.45) is 1.52. The van der Waals surface area contributed by atoms with Gasteiger partial charge in [0.2, 0.25) is 0 Å². The molecule has 1 aliphatic rings. The van der Waals surface area contributed by atoms with Crippen LogP contribution in [0.5, 0.6) is 5.75 Å². The van der Waals surface area contributed by atoms with Crippen LogP contribution in [0.4, 0.5) is 0 Å². The van der Waals surface area contributed by atoms with Crippen LogP contribution < -0.4 is 10.3 Å². The molecule has 25 heavy (non-hydrogen) atoms. The number of rotatable bonds is 3. The number of hydrogen-bond donors (Lipinski definition) is 1. The number of ether oxygens (including phenoxy) is 1. The molecule has 0 unspecified atom stereocenters. The molecule has 3 aromatic rings. The Bertz CT molecular complexity index is 1010. The molecule has 1 amide bonds. The van der Waals surface area contributed by atoms with Crippen LogP contribution in [-0.2, 0) is 7.05 Å². The predicted octanol–water partition coefficient (Wildman–Crippen LogP) is 1.47. The summed E-state index contributed by atoms with van der Waals surface area (Å²) >= 11 is 0. The number of likely N-dealkylation sites (tertiary alicyclic amines) is 1. The van der Waals surface area contributed by atoms with E-state index in [0.29, 0.717) is 24.4 Å². The quantitative estimate of drug-likeness (QED) is 0.784. The number of carbonyl (C=O) groups excluding carboxylic acids is 1. The van der Waals surface area contributed by atoms with Gasteiger partial charge >= 0.3 is 0 Å². The van der Waals surface area contributed by atoms with Crippen LogP contribution in [0.25, 0.3) is 11.0 Å². The highest BCUT2D eigenvalue weighted by atomic mass is 16.5. The van der Waals surface area contributed by atoms with E-state index in [4.69, 9.17) is 4.74 Å². The van der Waals surface area contributed by atoms with Crippen LogP contribution in [0.1, 0.15) is 16.1 Å². The summed E-state index contributed by atoms with van der Waals surface area (Å²) in [4.78, 5) is 33.2. The first-order chi connectivity index (χ1) is 12.0. The predicted molar refractivity (Wildman–Crippen MR) is 92.8 cm³/mol. The zero-order valence-corrected chi connectivity index (χ0v) is 14.0. The second-order valence-electron chi connectivity index (χ2n) is 6.31. The highest BCUT2D eigenvalue weighted by molar-refractivity contribution is 5.97. The van der Waals surface area contributed by atoms with Crippen LogP contribution in [-0.4, -0.2) is 44.5 Å². The Morgan fingerprint density at radius 3 is 2.84 bits per heavy atom. The van der Waals surface area contributed by atoms with Crippen LogP contribution in [0.15, 0.2) is 41.5 Å². The Balaban J connectivity index is 1.41. The van der Waals surface area contributed by atoms with E-state index in [9.17, 15) is 9.59 Å². The topological polar surface area (TPSA) is 80.2 Å². The standard InChI is InChI=1S/C18H18N4O3/c1-11-5-13(7-17(23)21(11)2)25-14-8-22(9-14)18(24)12-3-4-15-16(6-12)20-10-19-15/h3-7,10,14H,8-9H2,1-2H3,(H,19,20). The lowest BCUT2D eigenvalue weighted by Crippen LogP contribution is -2.56. The first-order valence-electron chi connectivity index (χ1n) is 8.08. The van der Waals surface area contributed by atoms with Gasteiger partial charge in [0, 0.05) is 24.4 Å². The second kappa shape index (κ2) is 5.77. The number of fused-ring (bicyclic) bond motifs is 1. The molecule has 7 nitrogen and oxygen atoms in total. The Morgan fingerprint density at radius 1 is 1.28 bits per heavy atom. The Hall–Kier alpha value is -3.09. The number of aromatic nitrogens is 3. The van der Waals surface area contributed by atoms with Gasteiger partial charge in [0.15, 0.2) is 0 Å². The average molecular weight is 338 g/mol. The minimum atomic E-state index is -0.102. The molecular weight excluding hydrogens is 320 g/mol. The lowest BCUT2D eigenvalue weighted by molar-refractivity contribution is 0.0177. The van der Waals surface area contributed by atoms with E-state index in [1.54, 1.807) is 28.9 Å². The summed E-state index contributed by atoms with van der Waals surface area (Å²) in [5.41, 5.74) is 3.04. The SMILES string of the molecule is Cc1cc(OC2CN(C(=O)c3ccc4nc[nH]c4c3)C2)cc(=O)n1C. The first kappa shape index (κ1) is 15.4. The van der Waals surface area contributed by atoms with Gasteiger partial charge < -0.3 is 19.2 Å². The number of amides is 1. The number of nitrogens with one attached hydrogen (secondary N) is 1. The molecule has 0 radical (unpaired) electrons. The summed E-state index contributed by atoms with van der Waals surface area (Å²) in [6, 6.07) is 8.73. The molecule has 1 aromatic carbocycles. The van der Waals surface area contributed by atoms with E-state index in [1.807, 2.05) is 25.1 Å². The van der Waals surface area contributed by atoms with Gasteiger partial charge in [-0.1, -0.05) is 0 Å². The summed E-state index contributed by atoms with van der Waals surface area (Å²) in [5.74, 6) is 0.521. The zero-order valence-electron chi connectivity index (χ0n) is 14.0. The molecule has 1 N–H and O–H groups in total. The van der Waals surface area contributed by atoms with Crippen molar-refractivity contribution >= 4 is 16.9 Å². The number of imidazole rings is 1. The lowest BCUT2D eigenvalue weighted by atomic mass is 10.1. The Labute approximate surface area is 143 Å². The van der Waals surface area contributed by atoms with E-state index in [0.717, 1.165) is 16.7 Å². The highest BCUT2D eigenvalue weighted by Crippen LogP contribution is 2.21. The van der Waals surface area contributed by atoms with Gasteiger partial charge in [-0.15, -0.1) is 0 Å². The second-order valence-corrected chi connectivity index (χ2v) is 6.31. The molecule has 2 aromatic heterocycles. The lowest BCUT2D eigenvalue weighted by Gasteiger charge is -2.39. The van der Waals surface area contributed by atoms with Gasteiger partial charge in [0.1, 0.15) is 11.9 Å². The molecule has 0 aliphatic carbocycles. The van der Waals surface area contributed by atoms with E-state index in [-0.39, 0.29) is 17.6 Å². The van der Waals surface area contributed by atoms with Crippen molar-refractivity contribution in [3.05, 3.63) is 58.3 Å². The molecule has 3 heterocycles. The van der Waals surface area contributed by atoms with Crippen molar-refractivity contribution in [2.45, 2.75) is 13.0 Å². The van der Waals surface area contributed by atoms with Crippen molar-refractivity contribution < 1.29 is 9.53 Å². The number of H-pyrrole nitrogens is 1. The number of pyridine rings is 1. The van der Waals surface area contributed by atoms with Crippen LogP contribution in [0.3, 0.4) is 0 Å². The molecule has 4 rings (SSSR count). The van der Waals surface area contributed by atoms with Crippen LogP contribution in [0.2, 0.25) is 0 Å². The number of aryl methyl sites for hydroxylation is 1.